The molecule has 21 heavy (non-hydrogen) atoms. The predicted octanol–water partition coefficient (Wildman–Crippen LogP) is 2.67. The first-order chi connectivity index (χ1) is 10.1. The van der Waals surface area contributed by atoms with Crippen LogP contribution in [0.25, 0.3) is 0 Å². The van der Waals surface area contributed by atoms with E-state index in [4.69, 9.17) is 21.4 Å². The van der Waals surface area contributed by atoms with Gasteiger partial charge in [-0.3, -0.25) is 0 Å². The minimum atomic E-state index is 0.200. The third-order valence-corrected chi connectivity index (χ3v) is 3.72. The van der Waals surface area contributed by atoms with Crippen molar-refractivity contribution in [3.63, 3.8) is 0 Å². The van der Waals surface area contributed by atoms with Gasteiger partial charge in [-0.05, 0) is 32.4 Å². The van der Waals surface area contributed by atoms with Crippen molar-refractivity contribution in [1.82, 2.24) is 5.32 Å². The Morgan fingerprint density at radius 1 is 1.38 bits per heavy atom. The lowest BCUT2D eigenvalue weighted by Crippen LogP contribution is -2.33. The third kappa shape index (κ3) is 5.83. The molecular weight excluding hydrogens is 288 g/mol. The lowest BCUT2D eigenvalue weighted by Gasteiger charge is -2.31. The standard InChI is InChI=1S/C16H27ClN2O2/c1-13(2)19(9-5-10-20)16-7-4-6-15(17)14(16)12-18-8-11-21-3/h4,6-7,13,18,20H,5,8-12H2,1-3H3. The number of benzene rings is 1. The van der Waals surface area contributed by atoms with Crippen LogP contribution < -0.4 is 10.2 Å². The molecule has 0 amide bonds. The van der Waals surface area contributed by atoms with E-state index in [0.717, 1.165) is 35.8 Å². The van der Waals surface area contributed by atoms with Crippen LogP contribution >= 0.6 is 11.6 Å². The molecule has 1 aromatic carbocycles. The fourth-order valence-corrected chi connectivity index (χ4v) is 2.51. The van der Waals surface area contributed by atoms with Crippen LogP contribution in [-0.2, 0) is 11.3 Å². The highest BCUT2D eigenvalue weighted by molar-refractivity contribution is 6.31. The maximum Gasteiger partial charge on any atom is 0.0587 e. The largest absolute Gasteiger partial charge is 0.396 e. The summed E-state index contributed by atoms with van der Waals surface area (Å²) in [6, 6.07) is 6.34. The number of aliphatic hydroxyl groups excluding tert-OH is 1. The molecule has 0 radical (unpaired) electrons. The average Bonchev–Trinajstić information content (AvgIpc) is 2.45. The second-order valence-corrected chi connectivity index (χ2v) is 5.68. The summed E-state index contributed by atoms with van der Waals surface area (Å²) in [4.78, 5) is 2.29. The van der Waals surface area contributed by atoms with Gasteiger partial charge >= 0.3 is 0 Å². The zero-order valence-electron chi connectivity index (χ0n) is 13.2. The zero-order chi connectivity index (χ0) is 15.7. The fourth-order valence-electron chi connectivity index (χ4n) is 2.28. The van der Waals surface area contributed by atoms with E-state index in [1.54, 1.807) is 7.11 Å². The number of ether oxygens (including phenoxy) is 1. The van der Waals surface area contributed by atoms with E-state index in [9.17, 15) is 0 Å². The molecule has 0 aromatic heterocycles. The summed E-state index contributed by atoms with van der Waals surface area (Å²) >= 11 is 6.38. The van der Waals surface area contributed by atoms with Gasteiger partial charge in [0.05, 0.1) is 6.61 Å². The van der Waals surface area contributed by atoms with E-state index in [1.165, 1.54) is 0 Å². The van der Waals surface area contributed by atoms with Gasteiger partial charge in [0, 0.05) is 55.7 Å². The van der Waals surface area contributed by atoms with Crippen LogP contribution in [0.5, 0.6) is 0 Å². The van der Waals surface area contributed by atoms with Gasteiger partial charge in [-0.1, -0.05) is 17.7 Å². The molecule has 120 valence electrons. The number of halogens is 1. The first-order valence-corrected chi connectivity index (χ1v) is 7.84. The Labute approximate surface area is 133 Å². The molecule has 4 nitrogen and oxygen atoms in total. The maximum absolute atomic E-state index is 9.09. The van der Waals surface area contributed by atoms with E-state index in [2.05, 4.69) is 30.1 Å². The van der Waals surface area contributed by atoms with Crippen LogP contribution in [0, 0.1) is 0 Å². The molecule has 0 bridgehead atoms. The van der Waals surface area contributed by atoms with Gasteiger partial charge in [-0.25, -0.2) is 0 Å². The van der Waals surface area contributed by atoms with E-state index >= 15 is 0 Å². The van der Waals surface area contributed by atoms with Crippen molar-refractivity contribution >= 4 is 17.3 Å². The SMILES string of the molecule is COCCNCc1c(Cl)cccc1N(CCCO)C(C)C. The zero-order valence-corrected chi connectivity index (χ0v) is 14.0. The first kappa shape index (κ1) is 18.2. The number of methoxy groups -OCH3 is 1. The highest BCUT2D eigenvalue weighted by Crippen LogP contribution is 2.29. The molecule has 0 spiro atoms. The topological polar surface area (TPSA) is 44.7 Å². The van der Waals surface area contributed by atoms with Crippen LogP contribution in [0.15, 0.2) is 18.2 Å². The summed E-state index contributed by atoms with van der Waals surface area (Å²) in [5.41, 5.74) is 2.23. The minimum absolute atomic E-state index is 0.200. The fraction of sp³-hybridized carbons (Fsp3) is 0.625. The molecule has 0 aliphatic rings. The van der Waals surface area contributed by atoms with Crippen molar-refractivity contribution < 1.29 is 9.84 Å². The molecule has 0 fully saturated rings. The summed E-state index contributed by atoms with van der Waals surface area (Å²) in [5, 5.41) is 13.2. The summed E-state index contributed by atoms with van der Waals surface area (Å²) < 4.78 is 5.05. The van der Waals surface area contributed by atoms with Crippen LogP contribution in [0.1, 0.15) is 25.8 Å². The second-order valence-electron chi connectivity index (χ2n) is 5.27. The Kier molecular flexibility index (Phi) is 8.69. The van der Waals surface area contributed by atoms with E-state index in [-0.39, 0.29) is 6.61 Å². The Balaban J connectivity index is 2.89. The molecule has 0 aliphatic carbocycles. The second kappa shape index (κ2) is 10.0. The number of hydrogen-bond acceptors (Lipinski definition) is 4. The Morgan fingerprint density at radius 3 is 2.76 bits per heavy atom. The highest BCUT2D eigenvalue weighted by Gasteiger charge is 2.16. The van der Waals surface area contributed by atoms with Gasteiger partial charge in [0.25, 0.3) is 0 Å². The van der Waals surface area contributed by atoms with Crippen LogP contribution in [0.4, 0.5) is 5.69 Å². The molecule has 5 heteroatoms. The average molecular weight is 315 g/mol. The molecule has 2 N–H and O–H groups in total. The van der Waals surface area contributed by atoms with Crippen molar-refractivity contribution in [1.29, 1.82) is 0 Å². The number of aliphatic hydroxyl groups is 1. The number of rotatable bonds is 10. The number of nitrogens with one attached hydrogen (secondary N) is 1. The molecule has 0 saturated carbocycles. The van der Waals surface area contributed by atoms with Gasteiger partial charge in [0.2, 0.25) is 0 Å². The van der Waals surface area contributed by atoms with Crippen molar-refractivity contribution in [2.45, 2.75) is 32.9 Å². The first-order valence-electron chi connectivity index (χ1n) is 7.46. The van der Waals surface area contributed by atoms with Crippen LogP contribution in [-0.4, -0.2) is 44.6 Å². The van der Waals surface area contributed by atoms with E-state index < -0.39 is 0 Å². The Morgan fingerprint density at radius 2 is 2.14 bits per heavy atom. The Hall–Kier alpha value is -0.810. The number of hydrogen-bond donors (Lipinski definition) is 2. The lowest BCUT2D eigenvalue weighted by atomic mass is 10.1. The summed E-state index contributed by atoms with van der Waals surface area (Å²) in [6.07, 6.45) is 0.751. The van der Waals surface area contributed by atoms with Crippen LogP contribution in [0.2, 0.25) is 5.02 Å². The summed E-state index contributed by atoms with van der Waals surface area (Å²) in [6.45, 7) is 7.50. The molecule has 0 heterocycles. The van der Waals surface area contributed by atoms with Crippen molar-refractivity contribution in [2.24, 2.45) is 0 Å². The lowest BCUT2D eigenvalue weighted by molar-refractivity contribution is 0.199. The maximum atomic E-state index is 9.09. The third-order valence-electron chi connectivity index (χ3n) is 3.37. The van der Waals surface area contributed by atoms with Crippen molar-refractivity contribution in [3.8, 4) is 0 Å². The summed E-state index contributed by atoms with van der Waals surface area (Å²) in [7, 11) is 1.69. The quantitative estimate of drug-likeness (QED) is 0.652. The van der Waals surface area contributed by atoms with Gasteiger partial charge in [0.1, 0.15) is 0 Å². The minimum Gasteiger partial charge on any atom is -0.396 e. The normalized spacial score (nSPS) is 11.1. The molecule has 0 saturated heterocycles. The van der Waals surface area contributed by atoms with Gasteiger partial charge in [-0.2, -0.15) is 0 Å². The molecule has 0 unspecified atom stereocenters. The van der Waals surface area contributed by atoms with Gasteiger partial charge < -0.3 is 20.1 Å². The monoisotopic (exact) mass is 314 g/mol. The highest BCUT2D eigenvalue weighted by atomic mass is 35.5. The van der Waals surface area contributed by atoms with Gasteiger partial charge in [0.15, 0.2) is 0 Å². The summed E-state index contributed by atoms with van der Waals surface area (Å²) in [5.74, 6) is 0. The van der Waals surface area contributed by atoms with Crippen LogP contribution in [0.3, 0.4) is 0 Å². The molecule has 1 rings (SSSR count). The van der Waals surface area contributed by atoms with Crippen molar-refractivity contribution in [3.05, 3.63) is 28.8 Å². The number of anilines is 1. The molecule has 0 aliphatic heterocycles. The van der Waals surface area contributed by atoms with E-state index in [1.807, 2.05) is 12.1 Å². The Bertz CT molecular complexity index is 413. The number of nitrogens with zero attached hydrogens (tertiary/aromatic N) is 1. The smallest absolute Gasteiger partial charge is 0.0587 e. The molecule has 1 aromatic rings. The predicted molar refractivity (Wildman–Crippen MR) is 89.2 cm³/mol. The molecule has 0 atom stereocenters. The van der Waals surface area contributed by atoms with E-state index in [0.29, 0.717) is 19.2 Å². The molecular formula is C16H27ClN2O2. The van der Waals surface area contributed by atoms with Crippen molar-refractivity contribution in [2.75, 3.05) is 38.3 Å². The van der Waals surface area contributed by atoms with Gasteiger partial charge in [-0.15, -0.1) is 0 Å².